The van der Waals surface area contributed by atoms with Crippen molar-refractivity contribution in [3.8, 4) is 0 Å². The van der Waals surface area contributed by atoms with Crippen LogP contribution in [0.25, 0.3) is 0 Å². The Hall–Kier alpha value is -1.82. The van der Waals surface area contributed by atoms with Crippen LogP contribution in [0.1, 0.15) is 21.7 Å². The Balaban J connectivity index is 2.20. The molecule has 0 atom stereocenters. The van der Waals surface area contributed by atoms with Crippen molar-refractivity contribution in [2.75, 3.05) is 19.1 Å². The molecule has 112 valence electrons. The van der Waals surface area contributed by atoms with Gasteiger partial charge < -0.3 is 14.2 Å². The Bertz CT molecular complexity index is 667. The van der Waals surface area contributed by atoms with Gasteiger partial charge in [0.25, 0.3) is 0 Å². The number of hydrogen-bond acceptors (Lipinski definition) is 4. The second-order valence-corrected chi connectivity index (χ2v) is 5.83. The molecule has 0 fully saturated rings. The maximum absolute atomic E-state index is 11.6. The first kappa shape index (κ1) is 15.6. The molecule has 0 N–H and O–H groups in total. The van der Waals surface area contributed by atoms with Crippen LogP contribution in [-0.2, 0) is 18.3 Å². The summed E-state index contributed by atoms with van der Waals surface area (Å²) in [7, 11) is 5.35. The molecule has 0 aliphatic rings. The molecule has 0 radical (unpaired) electrons. The van der Waals surface area contributed by atoms with Crippen LogP contribution in [0.4, 0.5) is 5.82 Å². The van der Waals surface area contributed by atoms with Crippen molar-refractivity contribution in [2.24, 2.45) is 7.05 Å². The third-order valence-corrected chi connectivity index (χ3v) is 3.77. The number of methoxy groups -OCH3 is 1. The number of rotatable bonds is 4. The van der Waals surface area contributed by atoms with Crippen LogP contribution in [0, 0.1) is 6.92 Å². The van der Waals surface area contributed by atoms with E-state index >= 15 is 0 Å². The van der Waals surface area contributed by atoms with Crippen molar-refractivity contribution in [2.45, 2.75) is 13.5 Å². The molecule has 0 spiro atoms. The average Bonchev–Trinajstić information content (AvgIpc) is 2.75. The third kappa shape index (κ3) is 3.44. The molecule has 2 aromatic heterocycles. The normalized spacial score (nSPS) is 10.5. The van der Waals surface area contributed by atoms with Gasteiger partial charge in [-0.25, -0.2) is 9.78 Å². The van der Waals surface area contributed by atoms with Gasteiger partial charge in [-0.2, -0.15) is 0 Å². The summed E-state index contributed by atoms with van der Waals surface area (Å²) in [5.41, 5.74) is 2.33. The van der Waals surface area contributed by atoms with Crippen molar-refractivity contribution in [3.05, 3.63) is 45.8 Å². The summed E-state index contributed by atoms with van der Waals surface area (Å²) in [6.45, 7) is 2.54. The zero-order chi connectivity index (χ0) is 15.6. The second kappa shape index (κ2) is 6.30. The van der Waals surface area contributed by atoms with E-state index in [9.17, 15) is 4.79 Å². The maximum atomic E-state index is 11.6. The Morgan fingerprint density at radius 2 is 2.19 bits per heavy atom. The second-order valence-electron chi connectivity index (χ2n) is 4.91. The molecule has 2 aromatic rings. The lowest BCUT2D eigenvalue weighted by molar-refractivity contribution is 0.0599. The lowest BCUT2D eigenvalue weighted by Gasteiger charge is -2.19. The number of hydrogen-bond donors (Lipinski definition) is 0. The molecule has 5 nitrogen and oxygen atoms in total. The maximum Gasteiger partial charge on any atom is 0.339 e. The summed E-state index contributed by atoms with van der Waals surface area (Å²) in [5, 5.41) is 0. The van der Waals surface area contributed by atoms with Gasteiger partial charge in [-0.05, 0) is 41.1 Å². The minimum Gasteiger partial charge on any atom is -0.465 e. The topological polar surface area (TPSA) is 47.4 Å². The molecular formula is C15H18BrN3O2. The molecule has 2 heterocycles. The molecule has 6 heteroatoms. The van der Waals surface area contributed by atoms with Crippen molar-refractivity contribution >= 4 is 27.7 Å². The largest absolute Gasteiger partial charge is 0.465 e. The summed E-state index contributed by atoms with van der Waals surface area (Å²) in [5.74, 6) is 0.457. The van der Waals surface area contributed by atoms with E-state index in [4.69, 9.17) is 4.74 Å². The first-order chi connectivity index (χ1) is 9.92. The fourth-order valence-corrected chi connectivity index (χ4v) is 2.70. The van der Waals surface area contributed by atoms with Gasteiger partial charge >= 0.3 is 5.97 Å². The Kier molecular flexibility index (Phi) is 4.67. The van der Waals surface area contributed by atoms with Gasteiger partial charge in [-0.15, -0.1) is 0 Å². The predicted octanol–water partition coefficient (Wildman–Crippen LogP) is 2.91. The van der Waals surface area contributed by atoms with Gasteiger partial charge in [-0.1, -0.05) is 0 Å². The molecule has 0 aliphatic carbocycles. The van der Waals surface area contributed by atoms with Crippen LogP contribution in [0.2, 0.25) is 0 Å². The van der Waals surface area contributed by atoms with E-state index in [1.165, 1.54) is 12.8 Å². The number of pyridine rings is 1. The summed E-state index contributed by atoms with van der Waals surface area (Å²) in [4.78, 5) is 18.1. The van der Waals surface area contributed by atoms with E-state index in [2.05, 4.69) is 31.5 Å². The molecule has 21 heavy (non-hydrogen) atoms. The van der Waals surface area contributed by atoms with E-state index < -0.39 is 0 Å². The smallest absolute Gasteiger partial charge is 0.339 e. The SMILES string of the molecule is COC(=O)c1ccc(N(C)Cc2cc(Br)cn2C)nc1C. The van der Waals surface area contributed by atoms with Gasteiger partial charge in [0.2, 0.25) is 0 Å². The highest BCUT2D eigenvalue weighted by atomic mass is 79.9. The van der Waals surface area contributed by atoms with Crippen LogP contribution in [-0.4, -0.2) is 29.7 Å². The van der Waals surface area contributed by atoms with Crippen molar-refractivity contribution in [1.82, 2.24) is 9.55 Å². The van der Waals surface area contributed by atoms with E-state index in [1.807, 2.05) is 38.2 Å². The zero-order valence-electron chi connectivity index (χ0n) is 12.6. The Labute approximate surface area is 132 Å². The quantitative estimate of drug-likeness (QED) is 0.794. The first-order valence-electron chi connectivity index (χ1n) is 6.50. The number of halogens is 1. The molecular weight excluding hydrogens is 334 g/mol. The standard InChI is InChI=1S/C15H18BrN3O2/c1-10-13(15(20)21-4)5-6-14(17-10)19(3)9-12-7-11(16)8-18(12)2/h5-8H,9H2,1-4H3. The van der Waals surface area contributed by atoms with E-state index in [1.54, 1.807) is 6.07 Å². The predicted molar refractivity (Wildman–Crippen MR) is 85.5 cm³/mol. The van der Waals surface area contributed by atoms with Crippen LogP contribution < -0.4 is 4.90 Å². The fourth-order valence-electron chi connectivity index (χ4n) is 2.13. The number of anilines is 1. The van der Waals surface area contributed by atoms with Gasteiger partial charge in [0.1, 0.15) is 5.82 Å². The van der Waals surface area contributed by atoms with E-state index in [-0.39, 0.29) is 5.97 Å². The van der Waals surface area contributed by atoms with Gasteiger partial charge in [-0.3, -0.25) is 0 Å². The molecule has 0 amide bonds. The Morgan fingerprint density at radius 1 is 1.48 bits per heavy atom. The number of ether oxygens (including phenoxy) is 1. The van der Waals surface area contributed by atoms with E-state index in [0.29, 0.717) is 11.3 Å². The monoisotopic (exact) mass is 351 g/mol. The number of aromatic nitrogens is 2. The lowest BCUT2D eigenvalue weighted by atomic mass is 10.2. The fraction of sp³-hybridized carbons (Fsp3) is 0.333. The summed E-state index contributed by atoms with van der Waals surface area (Å²) >= 11 is 3.47. The van der Waals surface area contributed by atoms with Crippen LogP contribution in [0.3, 0.4) is 0 Å². The van der Waals surface area contributed by atoms with E-state index in [0.717, 1.165) is 16.8 Å². The first-order valence-corrected chi connectivity index (χ1v) is 7.29. The molecule has 0 aliphatic heterocycles. The van der Waals surface area contributed by atoms with Crippen LogP contribution >= 0.6 is 15.9 Å². The highest BCUT2D eigenvalue weighted by Gasteiger charge is 2.13. The van der Waals surface area contributed by atoms with Crippen molar-refractivity contribution < 1.29 is 9.53 Å². The highest BCUT2D eigenvalue weighted by molar-refractivity contribution is 9.10. The zero-order valence-corrected chi connectivity index (χ0v) is 14.1. The molecule has 0 bridgehead atoms. The summed E-state index contributed by atoms with van der Waals surface area (Å²) < 4.78 is 7.85. The van der Waals surface area contributed by atoms with Gasteiger partial charge in [0.05, 0.1) is 24.9 Å². The van der Waals surface area contributed by atoms with Gasteiger partial charge in [0.15, 0.2) is 0 Å². The van der Waals surface area contributed by atoms with Crippen LogP contribution in [0.5, 0.6) is 0 Å². The minimum absolute atomic E-state index is 0.361. The number of carbonyl (C=O) groups excluding carboxylic acids is 1. The van der Waals surface area contributed by atoms with Crippen molar-refractivity contribution in [1.29, 1.82) is 0 Å². The number of carbonyl (C=O) groups is 1. The van der Waals surface area contributed by atoms with Crippen LogP contribution in [0.15, 0.2) is 28.9 Å². The Morgan fingerprint density at radius 3 is 2.71 bits per heavy atom. The lowest BCUT2D eigenvalue weighted by Crippen LogP contribution is -2.20. The number of aryl methyl sites for hydroxylation is 2. The highest BCUT2D eigenvalue weighted by Crippen LogP contribution is 2.19. The summed E-state index contributed by atoms with van der Waals surface area (Å²) in [6.07, 6.45) is 2.02. The minimum atomic E-state index is -0.361. The number of nitrogens with zero attached hydrogens (tertiary/aromatic N) is 3. The number of esters is 1. The molecule has 0 saturated heterocycles. The van der Waals surface area contributed by atoms with Gasteiger partial charge in [0, 0.05) is 30.5 Å². The molecule has 2 rings (SSSR count). The van der Waals surface area contributed by atoms with Crippen molar-refractivity contribution in [3.63, 3.8) is 0 Å². The molecule has 0 saturated carbocycles. The average molecular weight is 352 g/mol. The third-order valence-electron chi connectivity index (χ3n) is 3.34. The summed E-state index contributed by atoms with van der Waals surface area (Å²) in [6, 6.07) is 5.66. The molecule has 0 aromatic carbocycles. The molecule has 0 unspecified atom stereocenters.